The van der Waals surface area contributed by atoms with E-state index in [9.17, 15) is 4.79 Å². The predicted molar refractivity (Wildman–Crippen MR) is 59.6 cm³/mol. The Labute approximate surface area is 94.4 Å². The fraction of sp³-hybridized carbons (Fsp3) is 0.222. The van der Waals surface area contributed by atoms with Crippen molar-refractivity contribution in [3.05, 3.63) is 22.6 Å². The van der Waals surface area contributed by atoms with Crippen molar-refractivity contribution in [3.8, 4) is 0 Å². The molecule has 6 heteroatoms. The number of hydrogen-bond donors (Lipinski definition) is 2. The topological polar surface area (TPSA) is 70.7 Å². The minimum absolute atomic E-state index is 0.142. The number of hydrogen-bond acceptors (Lipinski definition) is 3. The fourth-order valence-electron chi connectivity index (χ4n) is 1.30. The zero-order chi connectivity index (χ0) is 10.8. The summed E-state index contributed by atoms with van der Waals surface area (Å²) in [5.74, 6) is -0.142. The van der Waals surface area contributed by atoms with Gasteiger partial charge in [-0.25, -0.2) is 9.97 Å². The van der Waals surface area contributed by atoms with Crippen molar-refractivity contribution >= 4 is 33.0 Å². The highest BCUT2D eigenvalue weighted by molar-refractivity contribution is 9.10. The van der Waals surface area contributed by atoms with Gasteiger partial charge >= 0.3 is 0 Å². The lowest BCUT2D eigenvalue weighted by Gasteiger charge is -1.98. The van der Waals surface area contributed by atoms with Crippen LogP contribution in [0.1, 0.15) is 17.3 Å². The highest BCUT2D eigenvalue weighted by Gasteiger charge is 2.13. The third kappa shape index (κ3) is 1.85. The van der Waals surface area contributed by atoms with Gasteiger partial charge < -0.3 is 10.3 Å². The van der Waals surface area contributed by atoms with E-state index in [1.165, 1.54) is 0 Å². The Kier molecular flexibility index (Phi) is 2.68. The molecule has 2 aromatic rings. The smallest absolute Gasteiger partial charge is 0.255 e. The zero-order valence-corrected chi connectivity index (χ0v) is 9.63. The SMILES string of the molecule is CCNC(=O)c1c[nH]c2ncc(Br)nc12. The molecule has 0 radical (unpaired) electrons. The van der Waals surface area contributed by atoms with Gasteiger partial charge in [-0.05, 0) is 22.9 Å². The van der Waals surface area contributed by atoms with Gasteiger partial charge in [-0.2, -0.15) is 0 Å². The number of rotatable bonds is 2. The fourth-order valence-corrected chi connectivity index (χ4v) is 1.58. The van der Waals surface area contributed by atoms with E-state index < -0.39 is 0 Å². The monoisotopic (exact) mass is 268 g/mol. The van der Waals surface area contributed by atoms with Crippen molar-refractivity contribution in [3.63, 3.8) is 0 Å². The van der Waals surface area contributed by atoms with Crippen molar-refractivity contribution in [2.45, 2.75) is 6.92 Å². The second-order valence-electron chi connectivity index (χ2n) is 2.95. The summed E-state index contributed by atoms with van der Waals surface area (Å²) in [4.78, 5) is 22.8. The Balaban J connectivity index is 2.52. The summed E-state index contributed by atoms with van der Waals surface area (Å²) in [5, 5.41) is 2.72. The Hall–Kier alpha value is -1.43. The van der Waals surface area contributed by atoms with Crippen LogP contribution in [-0.4, -0.2) is 27.4 Å². The first-order valence-electron chi connectivity index (χ1n) is 4.50. The van der Waals surface area contributed by atoms with Crippen LogP contribution < -0.4 is 5.32 Å². The average Bonchev–Trinajstić information content (AvgIpc) is 2.60. The van der Waals surface area contributed by atoms with E-state index in [1.54, 1.807) is 12.4 Å². The van der Waals surface area contributed by atoms with Gasteiger partial charge in [0, 0.05) is 12.7 Å². The molecule has 78 valence electrons. The van der Waals surface area contributed by atoms with Crippen LogP contribution in [0.3, 0.4) is 0 Å². The summed E-state index contributed by atoms with van der Waals surface area (Å²) >= 11 is 3.22. The number of nitrogens with one attached hydrogen (secondary N) is 2. The molecule has 2 N–H and O–H groups in total. The molecule has 5 nitrogen and oxygen atoms in total. The molecule has 0 aliphatic rings. The van der Waals surface area contributed by atoms with E-state index in [1.807, 2.05) is 6.92 Å². The molecule has 0 aliphatic heterocycles. The second-order valence-corrected chi connectivity index (χ2v) is 3.76. The number of aromatic amines is 1. The second kappa shape index (κ2) is 3.98. The maximum absolute atomic E-state index is 11.6. The quantitative estimate of drug-likeness (QED) is 0.867. The Bertz CT molecular complexity index is 508. The third-order valence-corrected chi connectivity index (χ3v) is 2.32. The number of aromatic nitrogens is 3. The molecule has 0 fully saturated rings. The van der Waals surface area contributed by atoms with Crippen molar-refractivity contribution in [1.82, 2.24) is 20.3 Å². The van der Waals surface area contributed by atoms with E-state index in [-0.39, 0.29) is 5.91 Å². The van der Waals surface area contributed by atoms with E-state index in [4.69, 9.17) is 0 Å². The maximum atomic E-state index is 11.6. The van der Waals surface area contributed by atoms with Gasteiger partial charge in [0.2, 0.25) is 0 Å². The summed E-state index contributed by atoms with van der Waals surface area (Å²) in [7, 11) is 0. The Morgan fingerprint density at radius 1 is 1.67 bits per heavy atom. The van der Waals surface area contributed by atoms with Crippen molar-refractivity contribution in [2.24, 2.45) is 0 Å². The summed E-state index contributed by atoms with van der Waals surface area (Å²) in [6.07, 6.45) is 3.20. The molecule has 0 unspecified atom stereocenters. The van der Waals surface area contributed by atoms with Gasteiger partial charge in [0.1, 0.15) is 10.1 Å². The van der Waals surface area contributed by atoms with Gasteiger partial charge in [-0.15, -0.1) is 0 Å². The van der Waals surface area contributed by atoms with E-state index >= 15 is 0 Å². The molecule has 2 rings (SSSR count). The number of nitrogens with zero attached hydrogens (tertiary/aromatic N) is 2. The van der Waals surface area contributed by atoms with Gasteiger partial charge in [-0.3, -0.25) is 4.79 Å². The molecule has 1 amide bonds. The van der Waals surface area contributed by atoms with Gasteiger partial charge in [-0.1, -0.05) is 0 Å². The normalized spacial score (nSPS) is 10.5. The van der Waals surface area contributed by atoms with Crippen LogP contribution in [0.25, 0.3) is 11.2 Å². The lowest BCUT2D eigenvalue weighted by atomic mass is 10.3. The first-order valence-corrected chi connectivity index (χ1v) is 5.29. The molecule has 0 aromatic carbocycles. The molecular formula is C9H9BrN4O. The minimum atomic E-state index is -0.142. The van der Waals surface area contributed by atoms with Crippen LogP contribution in [0, 0.1) is 0 Å². The van der Waals surface area contributed by atoms with Crippen LogP contribution in [0.5, 0.6) is 0 Å². The lowest BCUT2D eigenvalue weighted by Crippen LogP contribution is -2.22. The molecule has 0 saturated carbocycles. The summed E-state index contributed by atoms with van der Waals surface area (Å²) in [5.41, 5.74) is 1.70. The average molecular weight is 269 g/mol. The highest BCUT2D eigenvalue weighted by atomic mass is 79.9. The molecule has 2 heterocycles. The number of halogens is 1. The van der Waals surface area contributed by atoms with Gasteiger partial charge in [0.05, 0.1) is 11.8 Å². The summed E-state index contributed by atoms with van der Waals surface area (Å²) in [6, 6.07) is 0. The molecule has 0 saturated heterocycles. The van der Waals surface area contributed by atoms with E-state index in [0.29, 0.717) is 27.9 Å². The predicted octanol–water partition coefficient (Wildman–Crippen LogP) is 1.47. The van der Waals surface area contributed by atoms with Crippen LogP contribution >= 0.6 is 15.9 Å². The largest absolute Gasteiger partial charge is 0.352 e. The zero-order valence-electron chi connectivity index (χ0n) is 8.04. The van der Waals surface area contributed by atoms with Crippen LogP contribution in [0.2, 0.25) is 0 Å². The summed E-state index contributed by atoms with van der Waals surface area (Å²) < 4.78 is 0.611. The summed E-state index contributed by atoms with van der Waals surface area (Å²) in [6.45, 7) is 2.46. The number of fused-ring (bicyclic) bond motifs is 1. The molecule has 2 aromatic heterocycles. The number of carbonyl (C=O) groups excluding carboxylic acids is 1. The minimum Gasteiger partial charge on any atom is -0.352 e. The van der Waals surface area contributed by atoms with Crippen LogP contribution in [0.15, 0.2) is 17.0 Å². The first-order chi connectivity index (χ1) is 7.22. The van der Waals surface area contributed by atoms with Crippen molar-refractivity contribution < 1.29 is 4.79 Å². The molecule has 15 heavy (non-hydrogen) atoms. The van der Waals surface area contributed by atoms with Gasteiger partial charge in [0.15, 0.2) is 5.65 Å². The van der Waals surface area contributed by atoms with Crippen molar-refractivity contribution in [2.75, 3.05) is 6.54 Å². The van der Waals surface area contributed by atoms with Crippen LogP contribution in [0.4, 0.5) is 0 Å². The molecule has 0 atom stereocenters. The standard InChI is InChI=1S/C9H9BrN4O/c1-2-11-9(15)5-3-12-8-7(5)14-6(10)4-13-8/h3-4H,2H2,1H3,(H,11,15)(H,12,13). The van der Waals surface area contributed by atoms with E-state index in [0.717, 1.165) is 0 Å². The molecule has 0 aliphatic carbocycles. The van der Waals surface area contributed by atoms with E-state index in [2.05, 4.69) is 36.2 Å². The number of H-pyrrole nitrogens is 1. The first kappa shape index (κ1) is 10.1. The molecule has 0 bridgehead atoms. The Morgan fingerprint density at radius 3 is 3.20 bits per heavy atom. The molecular weight excluding hydrogens is 260 g/mol. The molecule has 0 spiro atoms. The number of amides is 1. The highest BCUT2D eigenvalue weighted by Crippen LogP contribution is 2.16. The lowest BCUT2D eigenvalue weighted by molar-refractivity contribution is 0.0957. The van der Waals surface area contributed by atoms with Gasteiger partial charge in [0.25, 0.3) is 5.91 Å². The Morgan fingerprint density at radius 2 is 2.47 bits per heavy atom. The number of carbonyl (C=O) groups is 1. The van der Waals surface area contributed by atoms with Crippen molar-refractivity contribution in [1.29, 1.82) is 0 Å². The van der Waals surface area contributed by atoms with Crippen LogP contribution in [-0.2, 0) is 0 Å². The third-order valence-electron chi connectivity index (χ3n) is 1.93. The maximum Gasteiger partial charge on any atom is 0.255 e.